The third-order valence-corrected chi connectivity index (χ3v) is 12.6. The molecule has 6 rings (SSSR count). The van der Waals surface area contributed by atoms with Crippen LogP contribution in [0.4, 0.5) is 5.69 Å². The second-order valence-electron chi connectivity index (χ2n) is 14.3. The van der Waals surface area contributed by atoms with Gasteiger partial charge in [-0.15, -0.1) is 11.3 Å². The first-order chi connectivity index (χ1) is 23.1. The number of hydrogen-bond acceptors (Lipinski definition) is 7. The highest BCUT2D eigenvalue weighted by molar-refractivity contribution is 7.90. The number of carbonyl (C=O) groups is 2. The third-order valence-electron chi connectivity index (χ3n) is 10.5. The highest BCUT2D eigenvalue weighted by atomic mass is 32.2. The lowest BCUT2D eigenvalue weighted by Gasteiger charge is -2.36. The number of aryl methyl sites for hydroxylation is 1. The molecule has 3 fully saturated rings. The van der Waals surface area contributed by atoms with Crippen LogP contribution in [0.3, 0.4) is 0 Å². The molecule has 3 aliphatic rings. The topological polar surface area (TPSA) is 106 Å². The Labute approximate surface area is 289 Å². The van der Waals surface area contributed by atoms with Crippen LogP contribution < -0.4 is 15.0 Å². The summed E-state index contributed by atoms with van der Waals surface area (Å²) < 4.78 is 28.5. The molecule has 1 aromatic heterocycles. The maximum absolute atomic E-state index is 14.4. The highest BCUT2D eigenvalue weighted by Crippen LogP contribution is 2.44. The van der Waals surface area contributed by atoms with Crippen molar-refractivity contribution in [2.24, 2.45) is 11.8 Å². The van der Waals surface area contributed by atoms with Crippen LogP contribution in [0.15, 0.2) is 48.7 Å². The fraction of sp³-hybridized carbons (Fsp3) is 0.553. The van der Waals surface area contributed by atoms with Gasteiger partial charge in [0.25, 0.3) is 0 Å². The van der Waals surface area contributed by atoms with Gasteiger partial charge in [0, 0.05) is 49.0 Å². The average molecular weight is 692 g/mol. The summed E-state index contributed by atoms with van der Waals surface area (Å²) >= 11 is 1.77. The van der Waals surface area contributed by atoms with Gasteiger partial charge in [0.2, 0.25) is 11.8 Å². The van der Waals surface area contributed by atoms with Crippen LogP contribution in [-0.4, -0.2) is 56.9 Å². The minimum absolute atomic E-state index is 0.0238. The van der Waals surface area contributed by atoms with Crippen LogP contribution in [0.2, 0.25) is 0 Å². The lowest BCUT2D eigenvalue weighted by Crippen LogP contribution is -2.44. The number of methoxy groups -OCH3 is 1. The molecule has 2 amide bonds. The number of hydrogen-bond donors (Lipinski definition) is 1. The van der Waals surface area contributed by atoms with Gasteiger partial charge >= 0.3 is 0 Å². The number of sulfone groups is 1. The van der Waals surface area contributed by atoms with Gasteiger partial charge in [0.1, 0.15) is 15.6 Å². The number of benzene rings is 2. The van der Waals surface area contributed by atoms with Gasteiger partial charge in [-0.1, -0.05) is 24.3 Å². The Balaban J connectivity index is 1.14. The smallest absolute Gasteiger partial charge is 0.230 e. The number of carbonyl (C=O) groups excluding carboxylic acids is 2. The van der Waals surface area contributed by atoms with E-state index in [9.17, 15) is 18.0 Å². The molecule has 8 nitrogen and oxygen atoms in total. The predicted octanol–water partition coefficient (Wildman–Crippen LogP) is 7.42. The Hall–Kier alpha value is -3.24. The van der Waals surface area contributed by atoms with Gasteiger partial charge in [-0.3, -0.25) is 9.59 Å². The molecule has 3 saturated carbocycles. The summed E-state index contributed by atoms with van der Waals surface area (Å²) in [6.45, 7) is 2.81. The monoisotopic (exact) mass is 691 g/mol. The molecule has 0 saturated heterocycles. The van der Waals surface area contributed by atoms with Gasteiger partial charge < -0.3 is 15.0 Å². The molecule has 0 aliphatic heterocycles. The van der Waals surface area contributed by atoms with Crippen molar-refractivity contribution in [3.63, 3.8) is 0 Å². The Kier molecular flexibility index (Phi) is 10.9. The van der Waals surface area contributed by atoms with Crippen molar-refractivity contribution in [2.75, 3.05) is 30.6 Å². The van der Waals surface area contributed by atoms with Gasteiger partial charge in [-0.2, -0.15) is 0 Å². The van der Waals surface area contributed by atoms with Crippen LogP contribution in [0.25, 0.3) is 10.4 Å². The molecule has 2 aromatic carbocycles. The third kappa shape index (κ3) is 8.86. The summed E-state index contributed by atoms with van der Waals surface area (Å²) in [5, 5.41) is 4.22. The fourth-order valence-corrected chi connectivity index (χ4v) is 9.10. The van der Waals surface area contributed by atoms with Crippen LogP contribution in [-0.2, 0) is 19.4 Å². The lowest BCUT2D eigenvalue weighted by atomic mass is 9.78. The summed E-state index contributed by atoms with van der Waals surface area (Å²) in [6.07, 6.45) is 12.7. The molecule has 0 unspecified atom stereocenters. The van der Waals surface area contributed by atoms with E-state index in [0.717, 1.165) is 53.8 Å². The molecular weight excluding hydrogens is 643 g/mol. The summed E-state index contributed by atoms with van der Waals surface area (Å²) in [5.41, 5.74) is 4.60. The molecule has 48 heavy (non-hydrogen) atoms. The Morgan fingerprint density at radius 2 is 1.69 bits per heavy atom. The zero-order valence-electron chi connectivity index (χ0n) is 28.5. The van der Waals surface area contributed by atoms with Gasteiger partial charge in [0.15, 0.2) is 0 Å². The normalized spacial score (nSPS) is 23.0. The second-order valence-corrected chi connectivity index (χ2v) is 17.6. The van der Waals surface area contributed by atoms with E-state index in [1.54, 1.807) is 18.4 Å². The number of thiazole rings is 1. The molecule has 1 N–H and O–H groups in total. The number of anilines is 1. The molecule has 3 aliphatic carbocycles. The fourth-order valence-electron chi connectivity index (χ4n) is 7.46. The zero-order chi connectivity index (χ0) is 33.8. The maximum Gasteiger partial charge on any atom is 0.230 e. The summed E-state index contributed by atoms with van der Waals surface area (Å²) in [5.74, 6) is 2.16. The van der Waals surface area contributed by atoms with Crippen molar-refractivity contribution in [2.45, 2.75) is 95.4 Å². The van der Waals surface area contributed by atoms with Gasteiger partial charge in [-0.05, 0) is 118 Å². The van der Waals surface area contributed by atoms with E-state index in [1.807, 2.05) is 6.20 Å². The first-order valence-electron chi connectivity index (χ1n) is 17.6. The van der Waals surface area contributed by atoms with Crippen molar-refractivity contribution in [1.82, 2.24) is 10.3 Å². The largest absolute Gasteiger partial charge is 0.496 e. The van der Waals surface area contributed by atoms with Crippen molar-refractivity contribution in [3.05, 3.63) is 64.8 Å². The van der Waals surface area contributed by atoms with Crippen molar-refractivity contribution in [1.29, 1.82) is 0 Å². The van der Waals surface area contributed by atoms with E-state index in [4.69, 9.17) is 9.72 Å². The first kappa shape index (κ1) is 34.6. The highest BCUT2D eigenvalue weighted by Gasteiger charge is 2.33. The Morgan fingerprint density at radius 1 is 0.958 bits per heavy atom. The van der Waals surface area contributed by atoms with Gasteiger partial charge in [0.05, 0.1) is 22.7 Å². The average Bonchev–Trinajstić information content (AvgIpc) is 3.82. The summed E-state index contributed by atoms with van der Waals surface area (Å²) in [6, 6.07) is 15.0. The molecule has 0 atom stereocenters. The van der Waals surface area contributed by atoms with Crippen LogP contribution in [0, 0.1) is 18.8 Å². The minimum atomic E-state index is -3.19. The number of nitrogens with zero attached hydrogens (tertiary/aromatic N) is 2. The molecule has 10 heteroatoms. The molecule has 3 aromatic rings. The van der Waals surface area contributed by atoms with E-state index in [1.165, 1.54) is 29.0 Å². The summed E-state index contributed by atoms with van der Waals surface area (Å²) in [4.78, 5) is 34.7. The number of aromatic nitrogens is 1. The molecular formula is C38H49N3O5S2. The Morgan fingerprint density at radius 3 is 2.35 bits per heavy atom. The number of amides is 2. The molecule has 1 heterocycles. The molecule has 258 valence electrons. The van der Waals surface area contributed by atoms with E-state index in [0.29, 0.717) is 50.0 Å². The van der Waals surface area contributed by atoms with Crippen molar-refractivity contribution >= 4 is 38.7 Å². The predicted molar refractivity (Wildman–Crippen MR) is 193 cm³/mol. The second kappa shape index (κ2) is 15.1. The van der Waals surface area contributed by atoms with E-state index in [2.05, 4.69) is 59.6 Å². The molecule has 0 spiro atoms. The Bertz CT molecular complexity index is 1700. The van der Waals surface area contributed by atoms with E-state index in [-0.39, 0.29) is 35.9 Å². The standard InChI is InChI=1S/C38H49N3O5S2/c1-25-21-30(15-18-34(25)46-2)27-9-7-26(8-10-27)24-41(33-6-4-5-31(22-33)35-23-39-37(47-35)28-11-12-28)38(43)29-13-16-32(17-14-29)40-36(42)19-20-48(3,44)45/h4-6,15,18,21-23,26-29,32H,7-14,16-17,19-20,24H2,1-3H3,(H,40,42)/t26-,27-,29-,32-. The number of rotatable bonds is 12. The SMILES string of the molecule is COc1ccc([C@H]2CC[C@H](CN(c3cccc(-c4cnc(C5CC5)s4)c3)C(=O)[C@H]3CC[C@H](NC(=O)CCS(C)(=O)=O)CC3)CC2)cc1C. The van der Waals surface area contributed by atoms with E-state index < -0.39 is 9.84 Å². The minimum Gasteiger partial charge on any atom is -0.496 e. The van der Waals surface area contributed by atoms with Crippen molar-refractivity contribution in [3.8, 4) is 16.2 Å². The van der Waals surface area contributed by atoms with Crippen LogP contribution in [0.1, 0.15) is 98.6 Å². The zero-order valence-corrected chi connectivity index (χ0v) is 30.1. The van der Waals surface area contributed by atoms with Gasteiger partial charge in [-0.25, -0.2) is 13.4 Å². The molecule has 0 bridgehead atoms. The maximum atomic E-state index is 14.4. The molecule has 0 radical (unpaired) electrons. The quantitative estimate of drug-likeness (QED) is 0.212. The lowest BCUT2D eigenvalue weighted by molar-refractivity contribution is -0.123. The number of ether oxygens (including phenoxy) is 1. The first-order valence-corrected chi connectivity index (χ1v) is 20.4. The van der Waals surface area contributed by atoms with E-state index >= 15 is 0 Å². The van der Waals surface area contributed by atoms with Crippen LogP contribution in [0.5, 0.6) is 5.75 Å². The van der Waals surface area contributed by atoms with Crippen molar-refractivity contribution < 1.29 is 22.7 Å². The van der Waals surface area contributed by atoms with Crippen LogP contribution >= 0.6 is 11.3 Å². The number of nitrogens with one attached hydrogen (secondary N) is 1. The summed E-state index contributed by atoms with van der Waals surface area (Å²) in [7, 11) is -1.47.